The van der Waals surface area contributed by atoms with Crippen LogP contribution in [0.25, 0.3) is 0 Å². The second-order valence-corrected chi connectivity index (χ2v) is 8.13. The molecule has 8 nitrogen and oxygen atoms in total. The van der Waals surface area contributed by atoms with E-state index >= 15 is 0 Å². The molecule has 1 atom stereocenters. The Morgan fingerprint density at radius 3 is 2.62 bits per heavy atom. The van der Waals surface area contributed by atoms with Gasteiger partial charge in [0.1, 0.15) is 22.5 Å². The molecule has 178 valence electrons. The number of nitrogens with one attached hydrogen (secondary N) is 2. The number of rotatable bonds is 8. The highest BCUT2D eigenvalue weighted by atomic mass is 32.2. The fourth-order valence-corrected chi connectivity index (χ4v) is 4.42. The van der Waals surface area contributed by atoms with Crippen LogP contribution in [0.4, 0.5) is 13.6 Å². The van der Waals surface area contributed by atoms with Crippen molar-refractivity contribution >= 4 is 23.8 Å². The Balaban J connectivity index is 2.03. The molecule has 1 aliphatic rings. The van der Waals surface area contributed by atoms with Crippen LogP contribution in [0.1, 0.15) is 41.8 Å². The van der Waals surface area contributed by atoms with E-state index in [2.05, 4.69) is 15.6 Å². The molecule has 0 fully saturated rings. The average molecular weight is 489 g/mol. The molecule has 1 aromatic heterocycles. The van der Waals surface area contributed by atoms with Crippen LogP contribution in [-0.2, 0) is 9.53 Å². The number of alkyl halides is 2. The molecule has 2 N–H and O–H groups in total. The summed E-state index contributed by atoms with van der Waals surface area (Å²) in [5, 5.41) is 14.9. The summed E-state index contributed by atoms with van der Waals surface area (Å²) in [7, 11) is 1.52. The molecule has 1 aliphatic heterocycles. The Kier molecular flexibility index (Phi) is 8.07. The summed E-state index contributed by atoms with van der Waals surface area (Å²) in [6.07, 6.45) is -2.81. The average Bonchev–Trinajstić information content (AvgIpc) is 2.82. The molecule has 11 heteroatoms. The van der Waals surface area contributed by atoms with Crippen molar-refractivity contribution in [1.29, 1.82) is 5.26 Å². The number of carbonyl (C=O) groups is 2. The number of halogens is 2. The van der Waals surface area contributed by atoms with Gasteiger partial charge in [0.05, 0.1) is 30.9 Å². The van der Waals surface area contributed by atoms with Crippen molar-refractivity contribution in [2.24, 2.45) is 0 Å². The van der Waals surface area contributed by atoms with Crippen molar-refractivity contribution in [3.05, 3.63) is 64.0 Å². The topological polar surface area (TPSA) is 113 Å². The fourth-order valence-electron chi connectivity index (χ4n) is 3.39. The Hall–Kier alpha value is -3.65. The Morgan fingerprint density at radius 2 is 2.03 bits per heavy atom. The van der Waals surface area contributed by atoms with E-state index in [9.17, 15) is 23.6 Å². The van der Waals surface area contributed by atoms with E-state index in [-0.39, 0.29) is 34.2 Å². The Labute approximate surface area is 199 Å². The van der Waals surface area contributed by atoms with E-state index in [0.29, 0.717) is 16.9 Å². The molecule has 1 aromatic carbocycles. The molecule has 0 spiro atoms. The van der Waals surface area contributed by atoms with Gasteiger partial charge in [-0.05, 0) is 43.2 Å². The molecule has 0 bridgehead atoms. The number of thioether (sulfide) groups is 1. The first kappa shape index (κ1) is 25.0. The lowest BCUT2D eigenvalue weighted by atomic mass is 9.95. The summed E-state index contributed by atoms with van der Waals surface area (Å²) in [4.78, 5) is 29.2. The number of aryl methyl sites for hydroxylation is 1. The monoisotopic (exact) mass is 488 g/mol. The third-order valence-electron chi connectivity index (χ3n) is 4.99. The molecule has 2 aromatic rings. The second-order valence-electron chi connectivity index (χ2n) is 7.16. The van der Waals surface area contributed by atoms with Crippen molar-refractivity contribution in [1.82, 2.24) is 15.6 Å². The van der Waals surface area contributed by atoms with Crippen LogP contribution >= 0.6 is 11.8 Å². The fraction of sp³-hybridized carbons (Fsp3) is 0.304. The zero-order valence-corrected chi connectivity index (χ0v) is 19.5. The van der Waals surface area contributed by atoms with Gasteiger partial charge in [-0.3, -0.25) is 0 Å². The first-order valence-corrected chi connectivity index (χ1v) is 11.2. The van der Waals surface area contributed by atoms with E-state index in [4.69, 9.17) is 9.47 Å². The maximum atomic E-state index is 13.3. The van der Waals surface area contributed by atoms with E-state index in [1.54, 1.807) is 38.1 Å². The molecular weight excluding hydrogens is 466 g/mol. The van der Waals surface area contributed by atoms with Crippen LogP contribution in [-0.4, -0.2) is 36.5 Å². The number of amides is 2. The first-order chi connectivity index (χ1) is 16.3. The molecule has 0 aliphatic carbocycles. The summed E-state index contributed by atoms with van der Waals surface area (Å²) >= 11 is 0.973. The molecule has 1 unspecified atom stereocenters. The van der Waals surface area contributed by atoms with Crippen LogP contribution in [0.5, 0.6) is 5.75 Å². The number of methoxy groups -OCH3 is 1. The number of hydrogen-bond acceptors (Lipinski definition) is 7. The van der Waals surface area contributed by atoms with Crippen LogP contribution < -0.4 is 15.4 Å². The lowest BCUT2D eigenvalue weighted by molar-refractivity contribution is -0.139. The van der Waals surface area contributed by atoms with Crippen LogP contribution in [0.3, 0.4) is 0 Å². The van der Waals surface area contributed by atoms with Crippen molar-refractivity contribution in [3.8, 4) is 11.8 Å². The predicted molar refractivity (Wildman–Crippen MR) is 120 cm³/mol. The van der Waals surface area contributed by atoms with Crippen molar-refractivity contribution in [2.75, 3.05) is 19.5 Å². The summed E-state index contributed by atoms with van der Waals surface area (Å²) in [5.74, 6) is -0.0505. The molecule has 0 saturated carbocycles. The van der Waals surface area contributed by atoms with Crippen LogP contribution in [0.15, 0.2) is 46.6 Å². The number of ether oxygens (including phenoxy) is 2. The Bertz CT molecular complexity index is 1160. The molecule has 3 rings (SSSR count). The number of esters is 1. The number of nitriles is 1. The van der Waals surface area contributed by atoms with E-state index in [0.717, 1.165) is 11.8 Å². The van der Waals surface area contributed by atoms with Crippen molar-refractivity contribution in [3.63, 3.8) is 0 Å². The number of pyridine rings is 1. The zero-order valence-electron chi connectivity index (χ0n) is 18.6. The van der Waals surface area contributed by atoms with Crippen LogP contribution in [0.2, 0.25) is 0 Å². The highest BCUT2D eigenvalue weighted by molar-refractivity contribution is 7.99. The van der Waals surface area contributed by atoms with Crippen molar-refractivity contribution in [2.45, 2.75) is 31.3 Å². The standard InChI is InChI=1S/C23H22F2N4O4S/c1-4-33-22(30)18-17(11-34-21-15(10-26)12(2)9-16(27-21)20(24)25)28-23(31)29-19(18)13-5-7-14(32-3)8-6-13/h5-9,19-20H,4,11H2,1-3H3,(H2,28,29,31). The summed E-state index contributed by atoms with van der Waals surface area (Å²) in [5.41, 5.74) is 1.08. The summed E-state index contributed by atoms with van der Waals surface area (Å²) < 4.78 is 36.9. The quantitative estimate of drug-likeness (QED) is 0.423. The third-order valence-corrected chi connectivity index (χ3v) is 5.99. The van der Waals surface area contributed by atoms with Gasteiger partial charge in [-0.2, -0.15) is 5.26 Å². The predicted octanol–water partition coefficient (Wildman–Crippen LogP) is 4.17. The van der Waals surface area contributed by atoms with Gasteiger partial charge >= 0.3 is 12.0 Å². The molecule has 2 amide bonds. The highest BCUT2D eigenvalue weighted by Crippen LogP contribution is 2.33. The zero-order chi connectivity index (χ0) is 24.8. The van der Waals surface area contributed by atoms with Gasteiger partial charge in [0.2, 0.25) is 0 Å². The number of urea groups is 1. The maximum absolute atomic E-state index is 13.3. The lowest BCUT2D eigenvalue weighted by Gasteiger charge is -2.29. The molecular formula is C23H22F2N4O4S. The second kappa shape index (κ2) is 11.0. The molecule has 0 radical (unpaired) electrons. The molecule has 2 heterocycles. The summed E-state index contributed by atoms with van der Waals surface area (Å²) in [6.45, 7) is 3.32. The summed E-state index contributed by atoms with van der Waals surface area (Å²) in [6, 6.07) is 8.61. The van der Waals surface area contributed by atoms with Gasteiger partial charge in [0, 0.05) is 11.4 Å². The van der Waals surface area contributed by atoms with Crippen molar-refractivity contribution < 1.29 is 27.8 Å². The third kappa shape index (κ3) is 5.46. The minimum Gasteiger partial charge on any atom is -0.497 e. The highest BCUT2D eigenvalue weighted by Gasteiger charge is 2.34. The lowest BCUT2D eigenvalue weighted by Crippen LogP contribution is -2.46. The SMILES string of the molecule is CCOC(=O)C1=C(CSc2nc(C(F)F)cc(C)c2C#N)NC(=O)NC1c1ccc(OC)cc1. The van der Waals surface area contributed by atoms with Gasteiger partial charge < -0.3 is 20.1 Å². The van der Waals surface area contributed by atoms with Gasteiger partial charge in [-0.25, -0.2) is 23.4 Å². The Morgan fingerprint density at radius 1 is 1.32 bits per heavy atom. The smallest absolute Gasteiger partial charge is 0.338 e. The number of aromatic nitrogens is 1. The van der Waals surface area contributed by atoms with Gasteiger partial charge in [-0.15, -0.1) is 0 Å². The van der Waals surface area contributed by atoms with Gasteiger partial charge in [0.25, 0.3) is 6.43 Å². The normalized spacial score (nSPS) is 15.4. The molecule has 0 saturated heterocycles. The van der Waals surface area contributed by atoms with E-state index < -0.39 is 30.2 Å². The number of hydrogen-bond donors (Lipinski definition) is 2. The minimum atomic E-state index is -2.81. The first-order valence-electron chi connectivity index (χ1n) is 10.2. The van der Waals surface area contributed by atoms with E-state index in [1.165, 1.54) is 13.2 Å². The van der Waals surface area contributed by atoms with E-state index in [1.807, 2.05) is 6.07 Å². The minimum absolute atomic E-state index is 0.0119. The molecule has 34 heavy (non-hydrogen) atoms. The largest absolute Gasteiger partial charge is 0.497 e. The van der Waals surface area contributed by atoms with Gasteiger partial charge in [0.15, 0.2) is 0 Å². The van der Waals surface area contributed by atoms with Crippen LogP contribution in [0, 0.1) is 18.3 Å². The number of carbonyl (C=O) groups excluding carboxylic acids is 2. The maximum Gasteiger partial charge on any atom is 0.338 e. The van der Waals surface area contributed by atoms with Gasteiger partial charge in [-0.1, -0.05) is 23.9 Å². The number of benzene rings is 1. The number of nitrogens with zero attached hydrogens (tertiary/aromatic N) is 2.